The average Bonchev–Trinajstić information content (AvgIpc) is 2.66. The van der Waals surface area contributed by atoms with Gasteiger partial charge in [0.1, 0.15) is 0 Å². The van der Waals surface area contributed by atoms with Crippen LogP contribution < -0.4 is 10.4 Å². The monoisotopic (exact) mass is 368 g/mol. The normalized spacial score (nSPS) is 14.6. The molecular formula is C24H36N2O. The lowest BCUT2D eigenvalue weighted by Gasteiger charge is -2.17. The highest BCUT2D eigenvalue weighted by atomic mass is 16.5. The molecule has 148 valence electrons. The zero-order valence-corrected chi connectivity index (χ0v) is 17.8. The lowest BCUT2D eigenvalue weighted by atomic mass is 9.91. The minimum Gasteiger partial charge on any atom is -0.378 e. The van der Waals surface area contributed by atoms with Gasteiger partial charge in [0.2, 0.25) is 0 Å². The molecular weight excluding hydrogens is 332 g/mol. The molecule has 0 aromatic heterocycles. The number of nitrogens with zero attached hydrogens (tertiary/aromatic N) is 1. The minimum absolute atomic E-state index is 0.310. The largest absolute Gasteiger partial charge is 0.378 e. The number of anilines is 1. The smallest absolute Gasteiger partial charge is 0.0562 e. The molecule has 2 N–H and O–H groups in total. The van der Waals surface area contributed by atoms with Crippen LogP contribution >= 0.6 is 0 Å². The summed E-state index contributed by atoms with van der Waals surface area (Å²) in [6, 6.07) is 8.74. The van der Waals surface area contributed by atoms with Gasteiger partial charge >= 0.3 is 0 Å². The molecule has 0 spiro atoms. The van der Waals surface area contributed by atoms with Crippen LogP contribution in [-0.2, 0) is 0 Å². The summed E-state index contributed by atoms with van der Waals surface area (Å²) in [6.07, 6.45) is 13.6. The van der Waals surface area contributed by atoms with Crippen LogP contribution in [-0.4, -0.2) is 19.3 Å². The second-order valence-corrected chi connectivity index (χ2v) is 7.10. The van der Waals surface area contributed by atoms with Crippen molar-refractivity contribution < 1.29 is 5.21 Å². The van der Waals surface area contributed by atoms with Crippen molar-refractivity contribution in [3.05, 3.63) is 71.5 Å². The first-order valence-electron chi connectivity index (χ1n) is 9.87. The number of hydroxylamine groups is 1. The molecule has 0 bridgehead atoms. The van der Waals surface area contributed by atoms with Gasteiger partial charge in [-0.25, -0.2) is 0 Å². The summed E-state index contributed by atoms with van der Waals surface area (Å²) >= 11 is 0. The molecule has 0 fully saturated rings. The number of unbranched alkanes of at least 4 members (excludes halogenated alkanes) is 1. The molecule has 1 unspecified atom stereocenters. The second-order valence-electron chi connectivity index (χ2n) is 7.10. The van der Waals surface area contributed by atoms with Gasteiger partial charge in [-0.1, -0.05) is 69.2 Å². The first-order chi connectivity index (χ1) is 12.9. The van der Waals surface area contributed by atoms with E-state index in [1.807, 2.05) is 18.2 Å². The molecule has 1 atom stereocenters. The summed E-state index contributed by atoms with van der Waals surface area (Å²) in [5, 5.41) is 9.21. The maximum Gasteiger partial charge on any atom is 0.0562 e. The highest BCUT2D eigenvalue weighted by molar-refractivity contribution is 5.70. The maximum absolute atomic E-state index is 9.21. The Morgan fingerprint density at radius 3 is 2.30 bits per heavy atom. The third-order valence-electron chi connectivity index (χ3n) is 4.45. The SMILES string of the molecule is CC/C=C(\c1ccc(N(C)C)cc1)C(C)/C=C(C)/C=C/C(=CCCC)NO. The van der Waals surface area contributed by atoms with Gasteiger partial charge < -0.3 is 4.90 Å². The lowest BCUT2D eigenvalue weighted by molar-refractivity contribution is 0.204. The molecule has 0 aliphatic carbocycles. The highest BCUT2D eigenvalue weighted by Crippen LogP contribution is 2.27. The number of allylic oxidation sites excluding steroid dienone is 7. The fourth-order valence-corrected chi connectivity index (χ4v) is 2.95. The Morgan fingerprint density at radius 2 is 1.78 bits per heavy atom. The van der Waals surface area contributed by atoms with E-state index >= 15 is 0 Å². The molecule has 0 amide bonds. The first kappa shape index (κ1) is 22.8. The van der Waals surface area contributed by atoms with Crippen molar-refractivity contribution >= 4 is 11.3 Å². The van der Waals surface area contributed by atoms with Gasteiger partial charge in [0, 0.05) is 19.8 Å². The van der Waals surface area contributed by atoms with E-state index < -0.39 is 0 Å². The summed E-state index contributed by atoms with van der Waals surface area (Å²) in [5.41, 5.74) is 7.99. The molecule has 27 heavy (non-hydrogen) atoms. The Bertz CT molecular complexity index is 679. The summed E-state index contributed by atoms with van der Waals surface area (Å²) < 4.78 is 0. The second kappa shape index (κ2) is 12.2. The van der Waals surface area contributed by atoms with Crippen LogP contribution in [0.4, 0.5) is 5.69 Å². The van der Waals surface area contributed by atoms with E-state index in [1.165, 1.54) is 22.4 Å². The molecule has 1 aromatic carbocycles. The number of nitrogens with one attached hydrogen (secondary N) is 1. The van der Waals surface area contributed by atoms with Crippen LogP contribution in [0.15, 0.2) is 65.9 Å². The summed E-state index contributed by atoms with van der Waals surface area (Å²) in [7, 11) is 4.12. The zero-order chi connectivity index (χ0) is 20.2. The third-order valence-corrected chi connectivity index (χ3v) is 4.45. The van der Waals surface area contributed by atoms with E-state index in [0.717, 1.165) is 25.0 Å². The van der Waals surface area contributed by atoms with E-state index in [4.69, 9.17) is 0 Å². The predicted octanol–water partition coefficient (Wildman–Crippen LogP) is 6.35. The fraction of sp³-hybridized carbons (Fsp3) is 0.417. The quantitative estimate of drug-likeness (QED) is 0.373. The van der Waals surface area contributed by atoms with Crippen molar-refractivity contribution in [2.45, 2.75) is 47.0 Å². The van der Waals surface area contributed by atoms with Gasteiger partial charge in [-0.3, -0.25) is 10.7 Å². The van der Waals surface area contributed by atoms with Gasteiger partial charge in [-0.05, 0) is 55.0 Å². The molecule has 3 heteroatoms. The Hall–Kier alpha value is -2.26. The van der Waals surface area contributed by atoms with E-state index in [1.54, 1.807) is 0 Å². The van der Waals surface area contributed by atoms with Crippen molar-refractivity contribution in [1.82, 2.24) is 5.48 Å². The van der Waals surface area contributed by atoms with Crippen molar-refractivity contribution in [2.24, 2.45) is 5.92 Å². The number of hydrogen-bond donors (Lipinski definition) is 2. The van der Waals surface area contributed by atoms with E-state index in [-0.39, 0.29) is 0 Å². The minimum atomic E-state index is 0.310. The standard InChI is InChI=1S/C24H36N2O/c1-7-9-11-22(25-27)15-12-19(3)18-20(4)24(10-8-2)21-13-16-23(17-14-21)26(5)6/h10-18,20,25,27H,7-9H2,1-6H3/b15-12+,19-18+,22-11?,24-10-. The Balaban J connectivity index is 2.98. The Labute approximate surface area is 165 Å². The topological polar surface area (TPSA) is 35.5 Å². The molecule has 0 aliphatic heterocycles. The predicted molar refractivity (Wildman–Crippen MR) is 119 cm³/mol. The van der Waals surface area contributed by atoms with Crippen LogP contribution in [0, 0.1) is 5.92 Å². The third kappa shape index (κ3) is 7.88. The number of rotatable bonds is 10. The van der Waals surface area contributed by atoms with E-state index in [0.29, 0.717) is 5.92 Å². The molecule has 0 heterocycles. The van der Waals surface area contributed by atoms with Crippen LogP contribution in [0.5, 0.6) is 0 Å². The Kier molecular flexibility index (Phi) is 10.3. The fourth-order valence-electron chi connectivity index (χ4n) is 2.95. The molecule has 0 radical (unpaired) electrons. The van der Waals surface area contributed by atoms with Crippen molar-refractivity contribution in [3.63, 3.8) is 0 Å². The molecule has 0 saturated carbocycles. The Morgan fingerprint density at radius 1 is 1.11 bits per heavy atom. The van der Waals surface area contributed by atoms with Gasteiger partial charge in [0.05, 0.1) is 5.70 Å². The first-order valence-corrected chi connectivity index (χ1v) is 9.87. The highest BCUT2D eigenvalue weighted by Gasteiger charge is 2.09. The van der Waals surface area contributed by atoms with Gasteiger partial charge in [0.25, 0.3) is 0 Å². The molecule has 3 nitrogen and oxygen atoms in total. The van der Waals surface area contributed by atoms with Gasteiger partial charge in [-0.15, -0.1) is 0 Å². The maximum atomic E-state index is 9.21. The summed E-state index contributed by atoms with van der Waals surface area (Å²) in [5.74, 6) is 0.310. The van der Waals surface area contributed by atoms with Crippen LogP contribution in [0.1, 0.15) is 52.5 Å². The van der Waals surface area contributed by atoms with E-state index in [2.05, 4.69) is 88.6 Å². The average molecular weight is 369 g/mol. The van der Waals surface area contributed by atoms with Crippen molar-refractivity contribution in [2.75, 3.05) is 19.0 Å². The van der Waals surface area contributed by atoms with E-state index in [9.17, 15) is 5.21 Å². The van der Waals surface area contributed by atoms with Crippen LogP contribution in [0.2, 0.25) is 0 Å². The summed E-state index contributed by atoms with van der Waals surface area (Å²) in [4.78, 5) is 2.12. The van der Waals surface area contributed by atoms with Gasteiger partial charge in [0.15, 0.2) is 0 Å². The van der Waals surface area contributed by atoms with Crippen molar-refractivity contribution in [1.29, 1.82) is 0 Å². The zero-order valence-electron chi connectivity index (χ0n) is 17.8. The van der Waals surface area contributed by atoms with Crippen LogP contribution in [0.3, 0.4) is 0 Å². The number of benzene rings is 1. The van der Waals surface area contributed by atoms with Gasteiger partial charge in [-0.2, -0.15) is 0 Å². The molecule has 0 aliphatic rings. The van der Waals surface area contributed by atoms with Crippen LogP contribution in [0.25, 0.3) is 5.57 Å². The molecule has 1 aromatic rings. The molecule has 0 saturated heterocycles. The summed E-state index contributed by atoms with van der Waals surface area (Å²) in [6.45, 7) is 8.63. The number of hydrogen-bond acceptors (Lipinski definition) is 3. The molecule has 1 rings (SSSR count). The lowest BCUT2D eigenvalue weighted by Crippen LogP contribution is -2.08. The van der Waals surface area contributed by atoms with Crippen molar-refractivity contribution in [3.8, 4) is 0 Å².